The predicted octanol–water partition coefficient (Wildman–Crippen LogP) is 0.772. The molecule has 0 aromatic rings. The second-order valence-electron chi connectivity index (χ2n) is 4.58. The molecule has 0 aliphatic carbocycles. The van der Waals surface area contributed by atoms with Crippen LogP contribution in [0, 0.1) is 11.5 Å². The van der Waals surface area contributed by atoms with Gasteiger partial charge in [-0.15, -0.1) is 5.54 Å². The number of nitrogens with one attached hydrogen (secondary N) is 1. The van der Waals surface area contributed by atoms with E-state index in [9.17, 15) is 0 Å². The van der Waals surface area contributed by atoms with Gasteiger partial charge in [-0.1, -0.05) is 25.6 Å². The molecule has 1 aliphatic rings. The second-order valence-corrected chi connectivity index (χ2v) is 9.33. The fourth-order valence-electron chi connectivity index (χ4n) is 1.29. The Morgan fingerprint density at radius 2 is 1.85 bits per heavy atom. The van der Waals surface area contributed by atoms with E-state index in [-0.39, 0.29) is 0 Å². The predicted molar refractivity (Wildman–Crippen MR) is 60.4 cm³/mol. The Balaban J connectivity index is 2.27. The molecule has 0 saturated carbocycles. The molecule has 0 unspecified atom stereocenters. The molecule has 0 bridgehead atoms. The molecular weight excluding hydrogens is 176 g/mol. The van der Waals surface area contributed by atoms with Gasteiger partial charge < -0.3 is 5.32 Å². The van der Waals surface area contributed by atoms with Crippen molar-refractivity contribution in [1.29, 1.82) is 0 Å². The Hall–Kier alpha value is -0.303. The number of hydrogen-bond donors (Lipinski definition) is 1. The van der Waals surface area contributed by atoms with Gasteiger partial charge in [0.25, 0.3) is 0 Å². The minimum Gasteiger partial charge on any atom is -0.314 e. The van der Waals surface area contributed by atoms with Gasteiger partial charge >= 0.3 is 0 Å². The lowest BCUT2D eigenvalue weighted by molar-refractivity contribution is 0.268. The van der Waals surface area contributed by atoms with Gasteiger partial charge in [-0.2, -0.15) is 0 Å². The first kappa shape index (κ1) is 10.8. The van der Waals surface area contributed by atoms with Gasteiger partial charge in [-0.25, -0.2) is 0 Å². The van der Waals surface area contributed by atoms with Crippen LogP contribution >= 0.6 is 0 Å². The summed E-state index contributed by atoms with van der Waals surface area (Å²) in [5.41, 5.74) is 3.40. The highest BCUT2D eigenvalue weighted by atomic mass is 28.3. The third kappa shape index (κ3) is 5.09. The van der Waals surface area contributed by atoms with E-state index in [1.54, 1.807) is 0 Å². The molecule has 74 valence electrons. The standard InChI is InChI=1S/C10H20N2Si/c1-13(2,3)10-4-7-12-8-5-11-6-9-12/h11H,5-9H2,1-3H3. The van der Waals surface area contributed by atoms with E-state index >= 15 is 0 Å². The van der Waals surface area contributed by atoms with E-state index in [1.807, 2.05) is 0 Å². The summed E-state index contributed by atoms with van der Waals surface area (Å²) in [5, 5.41) is 3.34. The third-order valence-electron chi connectivity index (χ3n) is 1.98. The Morgan fingerprint density at radius 3 is 2.38 bits per heavy atom. The Morgan fingerprint density at radius 1 is 1.23 bits per heavy atom. The highest BCUT2D eigenvalue weighted by Crippen LogP contribution is 1.96. The van der Waals surface area contributed by atoms with Crippen molar-refractivity contribution in [2.45, 2.75) is 19.6 Å². The maximum absolute atomic E-state index is 3.40. The van der Waals surface area contributed by atoms with Crippen molar-refractivity contribution in [1.82, 2.24) is 10.2 Å². The van der Waals surface area contributed by atoms with Crippen LogP contribution in [-0.2, 0) is 0 Å². The van der Waals surface area contributed by atoms with Crippen molar-refractivity contribution < 1.29 is 0 Å². The molecule has 0 spiro atoms. The zero-order valence-corrected chi connectivity index (χ0v) is 9.98. The molecule has 1 saturated heterocycles. The van der Waals surface area contributed by atoms with Gasteiger partial charge in [-0.3, -0.25) is 4.90 Å². The zero-order chi connectivity index (χ0) is 9.73. The van der Waals surface area contributed by atoms with E-state index in [0.717, 1.165) is 32.7 Å². The average Bonchev–Trinajstić information content (AvgIpc) is 2.04. The summed E-state index contributed by atoms with van der Waals surface area (Å²) in [5.74, 6) is 3.30. The van der Waals surface area contributed by atoms with Crippen LogP contribution in [0.1, 0.15) is 0 Å². The molecule has 0 amide bonds. The Kier molecular flexibility index (Phi) is 3.98. The van der Waals surface area contributed by atoms with Crippen LogP contribution in [0.25, 0.3) is 0 Å². The molecule has 1 rings (SSSR count). The van der Waals surface area contributed by atoms with Crippen LogP contribution in [0.5, 0.6) is 0 Å². The van der Waals surface area contributed by atoms with E-state index in [2.05, 4.69) is 41.3 Å². The van der Waals surface area contributed by atoms with Crippen molar-refractivity contribution in [2.24, 2.45) is 0 Å². The Bertz CT molecular complexity index is 203. The van der Waals surface area contributed by atoms with Gasteiger partial charge in [-0.05, 0) is 0 Å². The summed E-state index contributed by atoms with van der Waals surface area (Å²) in [7, 11) is -1.15. The van der Waals surface area contributed by atoms with Gasteiger partial charge in [0.1, 0.15) is 8.07 Å². The van der Waals surface area contributed by atoms with Gasteiger partial charge in [0, 0.05) is 26.2 Å². The molecule has 0 radical (unpaired) electrons. The van der Waals surface area contributed by atoms with E-state index in [1.165, 1.54) is 0 Å². The molecule has 1 N–H and O–H groups in total. The molecular formula is C10H20N2Si. The lowest BCUT2D eigenvalue weighted by Crippen LogP contribution is -2.43. The van der Waals surface area contributed by atoms with Crippen molar-refractivity contribution in [2.75, 3.05) is 32.7 Å². The normalized spacial score (nSPS) is 19.3. The fourth-order valence-corrected chi connectivity index (χ4v) is 1.90. The number of piperazine rings is 1. The first-order valence-corrected chi connectivity index (χ1v) is 8.51. The molecule has 0 atom stereocenters. The van der Waals surface area contributed by atoms with Crippen molar-refractivity contribution >= 4 is 8.07 Å². The van der Waals surface area contributed by atoms with Crippen molar-refractivity contribution in [3.05, 3.63) is 0 Å². The minimum atomic E-state index is -1.15. The zero-order valence-electron chi connectivity index (χ0n) is 8.98. The average molecular weight is 196 g/mol. The summed E-state index contributed by atoms with van der Waals surface area (Å²) in [4.78, 5) is 2.42. The molecule has 1 heterocycles. The van der Waals surface area contributed by atoms with Gasteiger partial charge in [0.2, 0.25) is 0 Å². The Labute approximate surface area is 82.7 Å². The molecule has 1 aliphatic heterocycles. The van der Waals surface area contributed by atoms with Crippen LogP contribution in [0.2, 0.25) is 19.6 Å². The van der Waals surface area contributed by atoms with E-state index in [4.69, 9.17) is 0 Å². The monoisotopic (exact) mass is 196 g/mol. The highest BCUT2D eigenvalue weighted by Gasteiger charge is 2.09. The third-order valence-corrected chi connectivity index (χ3v) is 2.90. The fraction of sp³-hybridized carbons (Fsp3) is 0.800. The largest absolute Gasteiger partial charge is 0.314 e. The number of nitrogens with zero attached hydrogens (tertiary/aromatic N) is 1. The molecule has 1 fully saturated rings. The SMILES string of the molecule is C[Si](C)(C)C#CCN1CCNCC1. The van der Waals surface area contributed by atoms with E-state index < -0.39 is 8.07 Å². The van der Waals surface area contributed by atoms with Gasteiger partial charge in [0.15, 0.2) is 0 Å². The van der Waals surface area contributed by atoms with Crippen LogP contribution < -0.4 is 5.32 Å². The molecule has 13 heavy (non-hydrogen) atoms. The summed E-state index contributed by atoms with van der Waals surface area (Å²) in [6.07, 6.45) is 0. The van der Waals surface area contributed by atoms with Crippen molar-refractivity contribution in [3.63, 3.8) is 0 Å². The summed E-state index contributed by atoms with van der Waals surface area (Å²) < 4.78 is 0. The molecule has 0 aromatic carbocycles. The van der Waals surface area contributed by atoms with Crippen LogP contribution in [0.4, 0.5) is 0 Å². The van der Waals surface area contributed by atoms with Crippen LogP contribution in [-0.4, -0.2) is 45.7 Å². The minimum absolute atomic E-state index is 0.964. The molecule has 2 nitrogen and oxygen atoms in total. The first-order chi connectivity index (χ1) is 6.08. The summed E-state index contributed by atoms with van der Waals surface area (Å²) in [6, 6.07) is 0. The number of rotatable bonds is 1. The van der Waals surface area contributed by atoms with E-state index in [0.29, 0.717) is 0 Å². The molecule has 3 heteroatoms. The number of hydrogen-bond acceptors (Lipinski definition) is 2. The van der Waals surface area contributed by atoms with Crippen LogP contribution in [0.15, 0.2) is 0 Å². The second kappa shape index (κ2) is 4.80. The maximum Gasteiger partial charge on any atom is 0.129 e. The lowest BCUT2D eigenvalue weighted by Gasteiger charge is -2.25. The van der Waals surface area contributed by atoms with Crippen molar-refractivity contribution in [3.8, 4) is 11.5 Å². The lowest BCUT2D eigenvalue weighted by atomic mass is 10.4. The smallest absolute Gasteiger partial charge is 0.129 e. The first-order valence-electron chi connectivity index (χ1n) is 5.01. The van der Waals surface area contributed by atoms with Crippen LogP contribution in [0.3, 0.4) is 0 Å². The summed E-state index contributed by atoms with van der Waals surface area (Å²) >= 11 is 0. The molecule has 0 aromatic heterocycles. The quantitative estimate of drug-likeness (QED) is 0.492. The highest BCUT2D eigenvalue weighted by molar-refractivity contribution is 6.83. The maximum atomic E-state index is 3.40. The summed E-state index contributed by atoms with van der Waals surface area (Å²) in [6.45, 7) is 12.4. The topological polar surface area (TPSA) is 15.3 Å². The van der Waals surface area contributed by atoms with Gasteiger partial charge in [0.05, 0.1) is 6.54 Å².